The second-order valence-electron chi connectivity index (χ2n) is 5.18. The van der Waals surface area contributed by atoms with E-state index in [0.717, 1.165) is 18.4 Å². The Kier molecular flexibility index (Phi) is 5.33. The molecule has 2 rings (SSSR count). The monoisotopic (exact) mass is 290 g/mol. The molecular formula is C16H22N2O3. The van der Waals surface area contributed by atoms with Gasteiger partial charge in [-0.3, -0.25) is 4.79 Å². The van der Waals surface area contributed by atoms with Crippen molar-refractivity contribution in [2.45, 2.75) is 38.3 Å². The van der Waals surface area contributed by atoms with Crippen LogP contribution in [0.2, 0.25) is 0 Å². The summed E-state index contributed by atoms with van der Waals surface area (Å²) in [5, 5.41) is 0. The van der Waals surface area contributed by atoms with Crippen LogP contribution in [0.5, 0.6) is 0 Å². The van der Waals surface area contributed by atoms with Crippen molar-refractivity contribution >= 4 is 11.9 Å². The fourth-order valence-corrected chi connectivity index (χ4v) is 2.66. The van der Waals surface area contributed by atoms with Crippen LogP contribution >= 0.6 is 0 Å². The van der Waals surface area contributed by atoms with Gasteiger partial charge in [0.1, 0.15) is 12.1 Å². The van der Waals surface area contributed by atoms with Crippen molar-refractivity contribution in [3.63, 3.8) is 0 Å². The average Bonchev–Trinajstić information content (AvgIpc) is 2.54. The summed E-state index contributed by atoms with van der Waals surface area (Å²) in [5.41, 5.74) is 6.82. The maximum absolute atomic E-state index is 12.6. The third-order valence-electron chi connectivity index (χ3n) is 3.77. The Labute approximate surface area is 125 Å². The van der Waals surface area contributed by atoms with Gasteiger partial charge in [-0.15, -0.1) is 0 Å². The van der Waals surface area contributed by atoms with Gasteiger partial charge in [0.2, 0.25) is 5.91 Å². The molecule has 0 radical (unpaired) electrons. The van der Waals surface area contributed by atoms with Crippen LogP contribution in [-0.2, 0) is 14.3 Å². The largest absolute Gasteiger partial charge is 0.464 e. The Bertz CT molecular complexity index is 490. The topological polar surface area (TPSA) is 72.6 Å². The van der Waals surface area contributed by atoms with E-state index in [0.29, 0.717) is 19.6 Å². The fourth-order valence-electron chi connectivity index (χ4n) is 2.66. The van der Waals surface area contributed by atoms with Crippen molar-refractivity contribution in [3.05, 3.63) is 35.9 Å². The minimum Gasteiger partial charge on any atom is -0.464 e. The van der Waals surface area contributed by atoms with Gasteiger partial charge in [0.15, 0.2) is 0 Å². The molecule has 1 unspecified atom stereocenters. The second kappa shape index (κ2) is 7.22. The molecule has 0 saturated carbocycles. The first-order chi connectivity index (χ1) is 10.1. The molecule has 1 amide bonds. The van der Waals surface area contributed by atoms with E-state index in [9.17, 15) is 9.59 Å². The fraction of sp³-hybridized carbons (Fsp3) is 0.500. The zero-order chi connectivity index (χ0) is 15.2. The van der Waals surface area contributed by atoms with E-state index in [-0.39, 0.29) is 11.9 Å². The summed E-state index contributed by atoms with van der Waals surface area (Å²) >= 11 is 0. The number of benzene rings is 1. The van der Waals surface area contributed by atoms with E-state index in [1.807, 2.05) is 30.3 Å². The SMILES string of the molecule is CCOC(=O)C1CCCCN1C(=O)[C@H](N)c1ccccc1. The van der Waals surface area contributed by atoms with E-state index in [1.54, 1.807) is 11.8 Å². The molecule has 21 heavy (non-hydrogen) atoms. The lowest BCUT2D eigenvalue weighted by atomic mass is 9.99. The summed E-state index contributed by atoms with van der Waals surface area (Å²) < 4.78 is 5.07. The number of hydrogen-bond donors (Lipinski definition) is 1. The Morgan fingerprint density at radius 1 is 1.33 bits per heavy atom. The van der Waals surface area contributed by atoms with Gasteiger partial charge in [-0.25, -0.2) is 4.79 Å². The number of hydrogen-bond acceptors (Lipinski definition) is 4. The van der Waals surface area contributed by atoms with Gasteiger partial charge in [-0.05, 0) is 31.7 Å². The molecule has 5 nitrogen and oxygen atoms in total. The maximum atomic E-state index is 12.6. The van der Waals surface area contributed by atoms with Gasteiger partial charge in [-0.1, -0.05) is 30.3 Å². The van der Waals surface area contributed by atoms with Crippen LogP contribution in [0.3, 0.4) is 0 Å². The molecule has 1 heterocycles. The number of carbonyl (C=O) groups is 2. The van der Waals surface area contributed by atoms with Crippen LogP contribution < -0.4 is 5.73 Å². The minimum absolute atomic E-state index is 0.209. The van der Waals surface area contributed by atoms with Gasteiger partial charge in [0.05, 0.1) is 6.61 Å². The molecule has 0 spiro atoms. The molecule has 5 heteroatoms. The van der Waals surface area contributed by atoms with E-state index in [1.165, 1.54) is 0 Å². The van der Waals surface area contributed by atoms with Crippen LogP contribution in [0, 0.1) is 0 Å². The number of piperidine rings is 1. The lowest BCUT2D eigenvalue weighted by Crippen LogP contribution is -2.51. The first-order valence-corrected chi connectivity index (χ1v) is 7.42. The van der Waals surface area contributed by atoms with Crippen molar-refractivity contribution in [3.8, 4) is 0 Å². The van der Waals surface area contributed by atoms with E-state index < -0.39 is 12.1 Å². The van der Waals surface area contributed by atoms with Gasteiger partial charge in [0, 0.05) is 6.54 Å². The second-order valence-corrected chi connectivity index (χ2v) is 5.18. The number of nitrogens with zero attached hydrogens (tertiary/aromatic N) is 1. The molecule has 2 N–H and O–H groups in total. The van der Waals surface area contributed by atoms with Crippen LogP contribution in [-0.4, -0.2) is 36.0 Å². The van der Waals surface area contributed by atoms with Gasteiger partial charge < -0.3 is 15.4 Å². The highest BCUT2D eigenvalue weighted by atomic mass is 16.5. The summed E-state index contributed by atoms with van der Waals surface area (Å²) in [7, 11) is 0. The average molecular weight is 290 g/mol. The summed E-state index contributed by atoms with van der Waals surface area (Å²) in [6.07, 6.45) is 2.46. The van der Waals surface area contributed by atoms with Crippen LogP contribution in [0.15, 0.2) is 30.3 Å². The lowest BCUT2D eigenvalue weighted by molar-refractivity contribution is -0.157. The number of rotatable bonds is 4. The number of nitrogens with two attached hydrogens (primary N) is 1. The zero-order valence-electron chi connectivity index (χ0n) is 12.3. The molecule has 0 aliphatic carbocycles. The highest BCUT2D eigenvalue weighted by Crippen LogP contribution is 2.22. The molecule has 1 aliphatic rings. The normalized spacial score (nSPS) is 19.9. The number of esters is 1. The molecule has 1 aliphatic heterocycles. The third-order valence-corrected chi connectivity index (χ3v) is 3.77. The smallest absolute Gasteiger partial charge is 0.328 e. The Hall–Kier alpha value is -1.88. The first-order valence-electron chi connectivity index (χ1n) is 7.42. The Morgan fingerprint density at radius 2 is 2.05 bits per heavy atom. The van der Waals surface area contributed by atoms with Gasteiger partial charge >= 0.3 is 5.97 Å². The summed E-state index contributed by atoms with van der Waals surface area (Å²) in [5.74, 6) is -0.537. The zero-order valence-corrected chi connectivity index (χ0v) is 12.3. The third kappa shape index (κ3) is 3.61. The molecule has 114 valence electrons. The van der Waals surface area contributed by atoms with Crippen molar-refractivity contribution in [2.24, 2.45) is 5.73 Å². The van der Waals surface area contributed by atoms with Crippen molar-refractivity contribution < 1.29 is 14.3 Å². The summed E-state index contributed by atoms with van der Waals surface area (Å²) in [4.78, 5) is 26.2. The molecule has 1 saturated heterocycles. The highest BCUT2D eigenvalue weighted by molar-refractivity contribution is 5.88. The predicted octanol–water partition coefficient (Wildman–Crippen LogP) is 1.63. The molecule has 1 fully saturated rings. The summed E-state index contributed by atoms with van der Waals surface area (Å²) in [6.45, 7) is 2.65. The van der Waals surface area contributed by atoms with Crippen molar-refractivity contribution in [1.82, 2.24) is 4.90 Å². The summed E-state index contributed by atoms with van der Waals surface area (Å²) in [6, 6.07) is 7.99. The standard InChI is InChI=1S/C16H22N2O3/c1-2-21-16(20)13-10-6-7-11-18(13)15(19)14(17)12-8-4-3-5-9-12/h3-5,8-9,13-14H,2,6-7,10-11,17H2,1H3/t13?,14-/m1/s1. The van der Waals surface area contributed by atoms with Gasteiger partial charge in [-0.2, -0.15) is 0 Å². The Balaban J connectivity index is 2.13. The van der Waals surface area contributed by atoms with E-state index >= 15 is 0 Å². The molecule has 1 aromatic carbocycles. The van der Waals surface area contributed by atoms with E-state index in [4.69, 9.17) is 10.5 Å². The van der Waals surface area contributed by atoms with Crippen molar-refractivity contribution in [1.29, 1.82) is 0 Å². The quantitative estimate of drug-likeness (QED) is 0.855. The van der Waals surface area contributed by atoms with Crippen LogP contribution in [0.1, 0.15) is 37.8 Å². The van der Waals surface area contributed by atoms with Gasteiger partial charge in [0.25, 0.3) is 0 Å². The number of amides is 1. The first kappa shape index (κ1) is 15.5. The number of ether oxygens (including phenoxy) is 1. The van der Waals surface area contributed by atoms with Crippen LogP contribution in [0.25, 0.3) is 0 Å². The number of likely N-dealkylation sites (tertiary alicyclic amines) is 1. The highest BCUT2D eigenvalue weighted by Gasteiger charge is 2.35. The number of carbonyl (C=O) groups excluding carboxylic acids is 2. The van der Waals surface area contributed by atoms with E-state index in [2.05, 4.69) is 0 Å². The molecule has 1 aromatic rings. The van der Waals surface area contributed by atoms with Crippen LogP contribution in [0.4, 0.5) is 0 Å². The molecule has 2 atom stereocenters. The maximum Gasteiger partial charge on any atom is 0.328 e. The van der Waals surface area contributed by atoms with Crippen molar-refractivity contribution in [2.75, 3.05) is 13.2 Å². The Morgan fingerprint density at radius 3 is 2.71 bits per heavy atom. The molecule has 0 aromatic heterocycles. The molecular weight excluding hydrogens is 268 g/mol. The predicted molar refractivity (Wildman–Crippen MR) is 79.4 cm³/mol. The minimum atomic E-state index is -0.735. The molecule has 0 bridgehead atoms. The lowest BCUT2D eigenvalue weighted by Gasteiger charge is -2.35.